The van der Waals surface area contributed by atoms with Crippen LogP contribution in [-0.4, -0.2) is 25.2 Å². The summed E-state index contributed by atoms with van der Waals surface area (Å²) in [7, 11) is 0. The number of nitrogens with zero attached hydrogens (tertiary/aromatic N) is 1. The summed E-state index contributed by atoms with van der Waals surface area (Å²) in [5.74, 6) is -1.09. The number of primary amides is 1. The maximum absolute atomic E-state index is 11.4. The topological polar surface area (TPSA) is 105 Å². The van der Waals surface area contributed by atoms with Crippen LogP contribution < -0.4 is 11.1 Å². The van der Waals surface area contributed by atoms with Crippen LogP contribution in [0.5, 0.6) is 0 Å². The zero-order valence-electron chi connectivity index (χ0n) is 8.82. The second kappa shape index (κ2) is 6.65. The van der Waals surface area contributed by atoms with Crippen molar-refractivity contribution in [3.8, 4) is 6.07 Å². The summed E-state index contributed by atoms with van der Waals surface area (Å²) in [4.78, 5) is 21.5. The molecule has 3 N–H and O–H groups in total. The molecule has 0 aliphatic carbocycles. The number of carbonyl (C=O) groups excluding carboxylic acids is 2. The van der Waals surface area contributed by atoms with Crippen molar-refractivity contribution in [1.29, 1.82) is 5.26 Å². The van der Waals surface area contributed by atoms with Crippen molar-refractivity contribution < 1.29 is 14.3 Å². The lowest BCUT2D eigenvalue weighted by molar-refractivity contribution is -0.124. The Morgan fingerprint density at radius 1 is 1.53 bits per heavy atom. The van der Waals surface area contributed by atoms with Crippen molar-refractivity contribution in [3.63, 3.8) is 0 Å². The van der Waals surface area contributed by atoms with Gasteiger partial charge in [-0.05, 0) is 5.92 Å². The predicted molar refractivity (Wildman–Crippen MR) is 52.5 cm³/mol. The highest BCUT2D eigenvalue weighted by Gasteiger charge is 2.20. The molecule has 0 radical (unpaired) electrons. The summed E-state index contributed by atoms with van der Waals surface area (Å²) in [6, 6.07) is 1.91. The molecule has 0 saturated carbocycles. The first-order valence-electron chi connectivity index (χ1n) is 4.58. The van der Waals surface area contributed by atoms with E-state index in [9.17, 15) is 9.59 Å². The van der Waals surface area contributed by atoms with Crippen LogP contribution in [0.3, 0.4) is 0 Å². The Kier molecular flexibility index (Phi) is 5.86. The minimum Gasteiger partial charge on any atom is -0.448 e. The highest BCUT2D eigenvalue weighted by Crippen LogP contribution is 2.08. The Bertz CT molecular complexity index is 270. The lowest BCUT2D eigenvalue weighted by Gasteiger charge is -2.12. The van der Waals surface area contributed by atoms with E-state index in [-0.39, 0.29) is 25.0 Å². The summed E-state index contributed by atoms with van der Waals surface area (Å²) in [5, 5.41) is 11.2. The lowest BCUT2D eigenvalue weighted by Crippen LogP contribution is -2.35. The zero-order chi connectivity index (χ0) is 11.8. The van der Waals surface area contributed by atoms with Gasteiger partial charge in [0.2, 0.25) is 5.91 Å². The fourth-order valence-electron chi connectivity index (χ4n) is 0.946. The summed E-state index contributed by atoms with van der Waals surface area (Å²) in [5.41, 5.74) is 4.72. The molecule has 6 heteroatoms. The molecular formula is C9H15N3O3. The van der Waals surface area contributed by atoms with Gasteiger partial charge in [-0.1, -0.05) is 13.8 Å². The first kappa shape index (κ1) is 13.2. The third-order valence-electron chi connectivity index (χ3n) is 1.73. The molecule has 0 heterocycles. The Balaban J connectivity index is 3.83. The SMILES string of the molecule is CC(C)C(C#N)C(=O)NCCOC(N)=O. The van der Waals surface area contributed by atoms with Crippen molar-refractivity contribution in [2.45, 2.75) is 13.8 Å². The van der Waals surface area contributed by atoms with Crippen LogP contribution in [0.4, 0.5) is 4.79 Å². The van der Waals surface area contributed by atoms with Crippen LogP contribution in [0.1, 0.15) is 13.8 Å². The van der Waals surface area contributed by atoms with E-state index in [1.54, 1.807) is 13.8 Å². The molecule has 0 bridgehead atoms. The van der Waals surface area contributed by atoms with Gasteiger partial charge >= 0.3 is 6.09 Å². The number of rotatable bonds is 5. The number of nitrogens with one attached hydrogen (secondary N) is 1. The Morgan fingerprint density at radius 3 is 2.53 bits per heavy atom. The van der Waals surface area contributed by atoms with Gasteiger partial charge in [0.05, 0.1) is 12.6 Å². The number of hydrogen-bond acceptors (Lipinski definition) is 4. The number of amides is 2. The van der Waals surface area contributed by atoms with Gasteiger partial charge in [-0.2, -0.15) is 5.26 Å². The highest BCUT2D eigenvalue weighted by molar-refractivity contribution is 5.81. The van der Waals surface area contributed by atoms with Crippen LogP contribution in [0.25, 0.3) is 0 Å². The third kappa shape index (κ3) is 5.52. The van der Waals surface area contributed by atoms with Crippen molar-refractivity contribution >= 4 is 12.0 Å². The number of carbonyl (C=O) groups is 2. The van der Waals surface area contributed by atoms with Crippen LogP contribution in [0.15, 0.2) is 0 Å². The molecule has 2 amide bonds. The molecule has 0 saturated heterocycles. The van der Waals surface area contributed by atoms with E-state index in [2.05, 4.69) is 10.1 Å². The normalized spacial score (nSPS) is 11.6. The standard InChI is InChI=1S/C9H15N3O3/c1-6(2)7(5-10)8(13)12-3-4-15-9(11)14/h6-7H,3-4H2,1-2H3,(H2,11,14)(H,12,13). The molecular weight excluding hydrogens is 198 g/mol. The van der Waals surface area contributed by atoms with E-state index in [1.165, 1.54) is 0 Å². The summed E-state index contributed by atoms with van der Waals surface area (Å²) < 4.78 is 4.41. The molecule has 0 rings (SSSR count). The van der Waals surface area contributed by atoms with Crippen molar-refractivity contribution in [1.82, 2.24) is 5.32 Å². The van der Waals surface area contributed by atoms with E-state index < -0.39 is 12.0 Å². The average molecular weight is 213 g/mol. The van der Waals surface area contributed by atoms with Crippen molar-refractivity contribution in [2.75, 3.05) is 13.2 Å². The number of nitriles is 1. The Labute approximate surface area is 88.4 Å². The molecule has 15 heavy (non-hydrogen) atoms. The van der Waals surface area contributed by atoms with E-state index in [0.717, 1.165) is 0 Å². The summed E-state index contributed by atoms with van der Waals surface area (Å²) >= 11 is 0. The van der Waals surface area contributed by atoms with Crippen LogP contribution >= 0.6 is 0 Å². The van der Waals surface area contributed by atoms with E-state index in [0.29, 0.717) is 0 Å². The molecule has 0 fully saturated rings. The van der Waals surface area contributed by atoms with Crippen LogP contribution in [-0.2, 0) is 9.53 Å². The quantitative estimate of drug-likeness (QED) is 0.626. The van der Waals surface area contributed by atoms with E-state index >= 15 is 0 Å². The molecule has 84 valence electrons. The average Bonchev–Trinajstić information content (AvgIpc) is 2.12. The summed E-state index contributed by atoms with van der Waals surface area (Å²) in [6.45, 7) is 3.74. The summed E-state index contributed by atoms with van der Waals surface area (Å²) in [6.07, 6.45) is -0.884. The van der Waals surface area contributed by atoms with Crippen molar-refractivity contribution in [2.24, 2.45) is 17.6 Å². The lowest BCUT2D eigenvalue weighted by atomic mass is 9.97. The molecule has 0 spiro atoms. The van der Waals surface area contributed by atoms with Gasteiger partial charge < -0.3 is 15.8 Å². The molecule has 0 aromatic carbocycles. The maximum atomic E-state index is 11.4. The molecule has 6 nitrogen and oxygen atoms in total. The molecule has 0 aromatic rings. The Morgan fingerprint density at radius 2 is 2.13 bits per heavy atom. The largest absolute Gasteiger partial charge is 0.448 e. The van der Waals surface area contributed by atoms with Gasteiger partial charge in [0.15, 0.2) is 0 Å². The van der Waals surface area contributed by atoms with Crippen molar-refractivity contribution in [3.05, 3.63) is 0 Å². The molecule has 0 aliphatic heterocycles. The zero-order valence-corrected chi connectivity index (χ0v) is 8.82. The number of nitrogens with two attached hydrogens (primary N) is 1. The first-order valence-corrected chi connectivity index (χ1v) is 4.58. The molecule has 1 atom stereocenters. The van der Waals surface area contributed by atoms with Crippen LogP contribution in [0.2, 0.25) is 0 Å². The van der Waals surface area contributed by atoms with E-state index in [1.807, 2.05) is 6.07 Å². The van der Waals surface area contributed by atoms with Gasteiger partial charge in [0.1, 0.15) is 12.5 Å². The van der Waals surface area contributed by atoms with Gasteiger partial charge in [0, 0.05) is 0 Å². The monoisotopic (exact) mass is 213 g/mol. The molecule has 1 unspecified atom stereocenters. The number of hydrogen-bond donors (Lipinski definition) is 2. The second-order valence-electron chi connectivity index (χ2n) is 3.31. The van der Waals surface area contributed by atoms with Gasteiger partial charge in [-0.15, -0.1) is 0 Å². The Hall–Kier alpha value is -1.77. The fraction of sp³-hybridized carbons (Fsp3) is 0.667. The first-order chi connectivity index (χ1) is 6.99. The van der Waals surface area contributed by atoms with Gasteiger partial charge in [-0.25, -0.2) is 4.79 Å². The van der Waals surface area contributed by atoms with Crippen LogP contribution in [0, 0.1) is 23.2 Å². The molecule has 0 aliphatic rings. The van der Waals surface area contributed by atoms with Gasteiger partial charge in [-0.3, -0.25) is 4.79 Å². The third-order valence-corrected chi connectivity index (χ3v) is 1.73. The van der Waals surface area contributed by atoms with Gasteiger partial charge in [0.25, 0.3) is 0 Å². The molecule has 0 aromatic heterocycles. The highest BCUT2D eigenvalue weighted by atomic mass is 16.5. The maximum Gasteiger partial charge on any atom is 0.404 e. The second-order valence-corrected chi connectivity index (χ2v) is 3.31. The van der Waals surface area contributed by atoms with E-state index in [4.69, 9.17) is 11.0 Å². The number of ether oxygens (including phenoxy) is 1. The minimum atomic E-state index is -0.884. The predicted octanol–water partition coefficient (Wildman–Crippen LogP) is -0.00632. The minimum absolute atomic E-state index is 0.0112. The fourth-order valence-corrected chi connectivity index (χ4v) is 0.946. The smallest absolute Gasteiger partial charge is 0.404 e.